The summed E-state index contributed by atoms with van der Waals surface area (Å²) < 4.78 is 24.9. The zero-order valence-electron chi connectivity index (χ0n) is 5.97. The maximum absolute atomic E-state index is 9.54. The van der Waals surface area contributed by atoms with E-state index in [1.54, 1.807) is 12.5 Å². The molecule has 0 saturated carbocycles. The van der Waals surface area contributed by atoms with Crippen molar-refractivity contribution in [2.75, 3.05) is 0 Å². The maximum atomic E-state index is 9.54. The Hall–Kier alpha value is -1.50. The van der Waals surface area contributed by atoms with E-state index in [-0.39, 0.29) is 0 Å². The zero-order valence-corrected chi connectivity index (χ0v) is 6.86. The Labute approximate surface area is 70.4 Å². The molecule has 0 aromatic carbocycles. The van der Waals surface area contributed by atoms with Crippen molar-refractivity contribution < 1.29 is 17.6 Å². The van der Waals surface area contributed by atoms with E-state index < -0.39 is 16.9 Å². The van der Waals surface area contributed by atoms with Crippen molar-refractivity contribution in [3.05, 3.63) is 24.7 Å². The van der Waals surface area contributed by atoms with E-state index in [9.17, 15) is 13.2 Å². The minimum absolute atomic E-state index is 1.06. The summed E-state index contributed by atoms with van der Waals surface area (Å²) in [7, 11) is -2.86. The molecule has 1 heterocycles. The van der Waals surface area contributed by atoms with Crippen molar-refractivity contribution in [3.8, 4) is 0 Å². The third kappa shape index (κ3) is 8.50. The zero-order chi connectivity index (χ0) is 9.40. The molecule has 68 valence electrons. The standard InChI is InChI=1S/C4H4O.CH4N2O3S/c1-2-4-5-3-1;2-1(4)3-7(5)6/h1-4H;7H,(H3,2,3,4,5,6). The lowest BCUT2D eigenvalue weighted by Gasteiger charge is -1.82. The summed E-state index contributed by atoms with van der Waals surface area (Å²) in [5.74, 6) is 0. The molecule has 1 aromatic heterocycles. The van der Waals surface area contributed by atoms with Crippen LogP contribution in [0.5, 0.6) is 0 Å². The van der Waals surface area contributed by atoms with Crippen LogP contribution in [0.4, 0.5) is 4.79 Å². The van der Waals surface area contributed by atoms with Crippen molar-refractivity contribution >= 4 is 16.9 Å². The van der Waals surface area contributed by atoms with Crippen molar-refractivity contribution in [2.24, 2.45) is 5.73 Å². The SMILES string of the molecule is NC(=O)N[SH](=O)=O.c1ccoc1. The number of rotatable bonds is 1. The van der Waals surface area contributed by atoms with E-state index >= 15 is 0 Å². The highest BCUT2D eigenvalue weighted by molar-refractivity contribution is 7.70. The Bertz CT molecular complexity index is 254. The molecular formula is C5H8N2O4S. The number of urea groups is 1. The molecule has 0 spiro atoms. The largest absolute Gasteiger partial charge is 0.473 e. The van der Waals surface area contributed by atoms with Crippen LogP contribution >= 0.6 is 0 Å². The van der Waals surface area contributed by atoms with Gasteiger partial charge < -0.3 is 10.2 Å². The molecular weight excluding hydrogens is 184 g/mol. The summed E-state index contributed by atoms with van der Waals surface area (Å²) in [6.07, 6.45) is 3.25. The lowest BCUT2D eigenvalue weighted by atomic mass is 10.7. The Balaban J connectivity index is 0.000000211. The van der Waals surface area contributed by atoms with Gasteiger partial charge in [-0.15, -0.1) is 0 Å². The highest BCUT2D eigenvalue weighted by atomic mass is 32.2. The number of nitrogens with two attached hydrogens (primary N) is 1. The summed E-state index contributed by atoms with van der Waals surface area (Å²) >= 11 is 0. The highest BCUT2D eigenvalue weighted by Crippen LogP contribution is 1.79. The number of hydrogen-bond acceptors (Lipinski definition) is 4. The van der Waals surface area contributed by atoms with E-state index in [1.165, 1.54) is 4.72 Å². The van der Waals surface area contributed by atoms with Crippen LogP contribution in [0.3, 0.4) is 0 Å². The number of furan rings is 1. The van der Waals surface area contributed by atoms with E-state index in [2.05, 4.69) is 10.2 Å². The third-order valence-electron chi connectivity index (χ3n) is 0.627. The number of carbonyl (C=O) groups is 1. The van der Waals surface area contributed by atoms with Gasteiger partial charge in [-0.05, 0) is 12.1 Å². The Kier molecular flexibility index (Phi) is 5.45. The number of carbonyl (C=O) groups excluding carboxylic acids is 1. The van der Waals surface area contributed by atoms with Crippen molar-refractivity contribution in [2.45, 2.75) is 0 Å². The summed E-state index contributed by atoms with van der Waals surface area (Å²) in [6.45, 7) is 0. The van der Waals surface area contributed by atoms with Gasteiger partial charge in [0.25, 0.3) is 0 Å². The molecule has 1 aromatic rings. The molecule has 0 bridgehead atoms. The molecule has 0 unspecified atom stereocenters. The first-order valence-electron chi connectivity index (χ1n) is 2.80. The van der Waals surface area contributed by atoms with Gasteiger partial charge in [-0.2, -0.15) is 0 Å². The lowest BCUT2D eigenvalue weighted by molar-refractivity contribution is 0.254. The van der Waals surface area contributed by atoms with Crippen molar-refractivity contribution in [1.82, 2.24) is 4.72 Å². The molecule has 7 heteroatoms. The summed E-state index contributed by atoms with van der Waals surface area (Å²) in [5.41, 5.74) is 4.36. The molecule has 0 radical (unpaired) electrons. The Morgan fingerprint density at radius 3 is 1.92 bits per heavy atom. The van der Waals surface area contributed by atoms with Gasteiger partial charge >= 0.3 is 6.03 Å². The second-order valence-electron chi connectivity index (χ2n) is 1.53. The fraction of sp³-hybridized carbons (Fsp3) is 0. The van der Waals surface area contributed by atoms with E-state index in [1.807, 2.05) is 12.1 Å². The van der Waals surface area contributed by atoms with Crippen LogP contribution in [0.1, 0.15) is 0 Å². The molecule has 0 atom stereocenters. The van der Waals surface area contributed by atoms with Crippen LogP contribution in [-0.2, 0) is 10.9 Å². The monoisotopic (exact) mass is 192 g/mol. The van der Waals surface area contributed by atoms with E-state index in [0.717, 1.165) is 0 Å². The normalized spacial score (nSPS) is 8.42. The van der Waals surface area contributed by atoms with Gasteiger partial charge in [-0.1, -0.05) is 0 Å². The van der Waals surface area contributed by atoms with Gasteiger partial charge in [0.05, 0.1) is 12.5 Å². The van der Waals surface area contributed by atoms with Crippen LogP contribution in [0.25, 0.3) is 0 Å². The first-order chi connectivity index (χ1) is 5.63. The number of primary amides is 1. The van der Waals surface area contributed by atoms with Crippen LogP contribution in [0.2, 0.25) is 0 Å². The van der Waals surface area contributed by atoms with E-state index in [4.69, 9.17) is 0 Å². The second-order valence-corrected chi connectivity index (χ2v) is 2.26. The summed E-state index contributed by atoms with van der Waals surface area (Å²) in [5, 5.41) is 0. The molecule has 0 fully saturated rings. The van der Waals surface area contributed by atoms with Gasteiger partial charge in [-0.25, -0.2) is 17.9 Å². The minimum atomic E-state index is -2.86. The maximum Gasteiger partial charge on any atom is 0.325 e. The molecule has 0 aliphatic carbocycles. The fourth-order valence-corrected chi connectivity index (χ4v) is 0.497. The highest BCUT2D eigenvalue weighted by Gasteiger charge is 1.85. The average molecular weight is 192 g/mol. The molecule has 6 nitrogen and oxygen atoms in total. The minimum Gasteiger partial charge on any atom is -0.473 e. The molecule has 0 aliphatic rings. The predicted molar refractivity (Wildman–Crippen MR) is 41.7 cm³/mol. The summed E-state index contributed by atoms with van der Waals surface area (Å²) in [4.78, 5) is 9.54. The second kappa shape index (κ2) is 6.23. The van der Waals surface area contributed by atoms with Crippen molar-refractivity contribution in [1.29, 1.82) is 0 Å². The fourth-order valence-electron chi connectivity index (χ4n) is 0.317. The molecule has 0 saturated heterocycles. The average Bonchev–Trinajstić information content (AvgIpc) is 2.36. The molecule has 12 heavy (non-hydrogen) atoms. The Morgan fingerprint density at radius 2 is 1.83 bits per heavy atom. The first kappa shape index (κ1) is 10.5. The third-order valence-corrected chi connectivity index (χ3v) is 1.03. The molecule has 0 aliphatic heterocycles. The smallest absolute Gasteiger partial charge is 0.325 e. The molecule has 2 amide bonds. The molecule has 3 N–H and O–H groups in total. The van der Waals surface area contributed by atoms with Crippen molar-refractivity contribution in [3.63, 3.8) is 0 Å². The quantitative estimate of drug-likeness (QED) is 0.520. The van der Waals surface area contributed by atoms with Crippen LogP contribution in [0.15, 0.2) is 29.1 Å². The van der Waals surface area contributed by atoms with Gasteiger partial charge in [0.15, 0.2) is 0 Å². The first-order valence-corrected chi connectivity index (χ1v) is 3.98. The predicted octanol–water partition coefficient (Wildman–Crippen LogP) is -0.539. The van der Waals surface area contributed by atoms with Crippen LogP contribution < -0.4 is 10.5 Å². The number of hydrogen-bond donors (Lipinski definition) is 3. The summed E-state index contributed by atoms with van der Waals surface area (Å²) in [6, 6.07) is 2.61. The van der Waals surface area contributed by atoms with Gasteiger partial charge in [0.1, 0.15) is 0 Å². The lowest BCUT2D eigenvalue weighted by Crippen LogP contribution is -2.27. The van der Waals surface area contributed by atoms with Gasteiger partial charge in [0.2, 0.25) is 10.9 Å². The topological polar surface area (TPSA) is 102 Å². The Morgan fingerprint density at radius 1 is 1.33 bits per heavy atom. The van der Waals surface area contributed by atoms with Gasteiger partial charge in [-0.3, -0.25) is 0 Å². The van der Waals surface area contributed by atoms with E-state index in [0.29, 0.717) is 0 Å². The van der Waals surface area contributed by atoms with Gasteiger partial charge in [0, 0.05) is 0 Å². The number of amides is 2. The number of nitrogens with one attached hydrogen (secondary N) is 1. The number of thiol groups is 1. The molecule has 1 rings (SSSR count). The van der Waals surface area contributed by atoms with Crippen LogP contribution in [0, 0.1) is 0 Å². The van der Waals surface area contributed by atoms with Crippen LogP contribution in [-0.4, -0.2) is 14.4 Å².